The molecular formula is C10H20S. The van der Waals surface area contributed by atoms with Gasteiger partial charge in [-0.15, -0.1) is 0 Å². The Morgan fingerprint density at radius 1 is 1.45 bits per heavy atom. The maximum Gasteiger partial charge on any atom is -0.00978 e. The normalized spacial score (nSPS) is 29.2. The van der Waals surface area contributed by atoms with Gasteiger partial charge >= 0.3 is 0 Å². The van der Waals surface area contributed by atoms with Gasteiger partial charge in [-0.3, -0.25) is 0 Å². The molecule has 1 aliphatic carbocycles. The van der Waals surface area contributed by atoms with E-state index in [-0.39, 0.29) is 0 Å². The number of hydrogen-bond acceptors (Lipinski definition) is 1. The molecule has 0 nitrogen and oxygen atoms in total. The summed E-state index contributed by atoms with van der Waals surface area (Å²) in [6.45, 7) is 4.79. The second kappa shape index (κ2) is 3.84. The van der Waals surface area contributed by atoms with Gasteiger partial charge in [0, 0.05) is 0 Å². The standard InChI is InChI=1S/C10H20S/c1-10(2)6-5-9(8-10)4-3-7-11/h9,11H,3-8H2,1-2H3. The van der Waals surface area contributed by atoms with Crippen LogP contribution < -0.4 is 0 Å². The maximum absolute atomic E-state index is 4.24. The molecule has 11 heavy (non-hydrogen) atoms. The van der Waals surface area contributed by atoms with Gasteiger partial charge in [0.05, 0.1) is 0 Å². The summed E-state index contributed by atoms with van der Waals surface area (Å²) in [4.78, 5) is 0. The van der Waals surface area contributed by atoms with Crippen molar-refractivity contribution in [1.29, 1.82) is 0 Å². The van der Waals surface area contributed by atoms with Crippen molar-refractivity contribution in [2.75, 3.05) is 5.75 Å². The molecule has 0 aliphatic heterocycles. The summed E-state index contributed by atoms with van der Waals surface area (Å²) in [6, 6.07) is 0. The van der Waals surface area contributed by atoms with Crippen LogP contribution in [0.3, 0.4) is 0 Å². The average Bonchev–Trinajstić information content (AvgIpc) is 2.26. The van der Waals surface area contributed by atoms with E-state index >= 15 is 0 Å². The topological polar surface area (TPSA) is 0 Å². The zero-order valence-corrected chi connectivity index (χ0v) is 8.66. The molecule has 0 saturated heterocycles. The van der Waals surface area contributed by atoms with Crippen molar-refractivity contribution in [2.24, 2.45) is 11.3 Å². The van der Waals surface area contributed by atoms with Crippen molar-refractivity contribution in [3.05, 3.63) is 0 Å². The molecule has 1 fully saturated rings. The maximum atomic E-state index is 4.24. The van der Waals surface area contributed by atoms with E-state index in [9.17, 15) is 0 Å². The third kappa shape index (κ3) is 3.06. The minimum atomic E-state index is 0.640. The molecule has 0 spiro atoms. The highest BCUT2D eigenvalue weighted by Crippen LogP contribution is 2.42. The Morgan fingerprint density at radius 3 is 2.64 bits per heavy atom. The molecule has 0 radical (unpaired) electrons. The molecule has 1 atom stereocenters. The molecule has 0 aromatic rings. The zero-order chi connectivity index (χ0) is 8.32. The number of thiol groups is 1. The smallest absolute Gasteiger partial charge is 0.00978 e. The van der Waals surface area contributed by atoms with E-state index in [1.165, 1.54) is 32.1 Å². The van der Waals surface area contributed by atoms with Crippen molar-refractivity contribution in [3.8, 4) is 0 Å². The van der Waals surface area contributed by atoms with Crippen LogP contribution in [0.4, 0.5) is 0 Å². The summed E-state index contributed by atoms with van der Waals surface area (Å²) in [5.41, 5.74) is 0.640. The Hall–Kier alpha value is 0.350. The molecule has 0 aromatic carbocycles. The largest absolute Gasteiger partial charge is 0.179 e. The summed E-state index contributed by atoms with van der Waals surface area (Å²) in [5, 5.41) is 0. The fraction of sp³-hybridized carbons (Fsp3) is 1.00. The van der Waals surface area contributed by atoms with Gasteiger partial charge in [-0.2, -0.15) is 12.6 Å². The first-order chi connectivity index (χ1) is 5.14. The number of rotatable bonds is 3. The lowest BCUT2D eigenvalue weighted by Crippen LogP contribution is -2.05. The highest BCUT2D eigenvalue weighted by atomic mass is 32.1. The summed E-state index contributed by atoms with van der Waals surface area (Å²) >= 11 is 4.24. The third-order valence-electron chi connectivity index (χ3n) is 2.84. The molecule has 1 aliphatic rings. The molecule has 1 rings (SSSR count). The molecule has 0 N–H and O–H groups in total. The summed E-state index contributed by atoms with van der Waals surface area (Å²) in [5.74, 6) is 2.08. The van der Waals surface area contributed by atoms with E-state index in [4.69, 9.17) is 0 Å². The van der Waals surface area contributed by atoms with Crippen molar-refractivity contribution in [2.45, 2.75) is 46.0 Å². The Bertz CT molecular complexity index is 118. The summed E-state index contributed by atoms with van der Waals surface area (Å²) in [6.07, 6.45) is 7.06. The minimum Gasteiger partial charge on any atom is -0.179 e. The van der Waals surface area contributed by atoms with Gasteiger partial charge in [-0.1, -0.05) is 13.8 Å². The summed E-state index contributed by atoms with van der Waals surface area (Å²) < 4.78 is 0. The van der Waals surface area contributed by atoms with E-state index in [0.717, 1.165) is 11.7 Å². The van der Waals surface area contributed by atoms with Crippen molar-refractivity contribution >= 4 is 12.6 Å². The number of hydrogen-bond donors (Lipinski definition) is 1. The van der Waals surface area contributed by atoms with E-state index in [1.807, 2.05) is 0 Å². The molecule has 0 bridgehead atoms. The molecule has 1 unspecified atom stereocenters. The van der Waals surface area contributed by atoms with Crippen LogP contribution in [0.25, 0.3) is 0 Å². The Labute approximate surface area is 76.2 Å². The predicted octanol–water partition coefficient (Wildman–Crippen LogP) is 3.52. The van der Waals surface area contributed by atoms with Gasteiger partial charge in [0.1, 0.15) is 0 Å². The quantitative estimate of drug-likeness (QED) is 0.619. The molecular weight excluding hydrogens is 152 g/mol. The van der Waals surface area contributed by atoms with Crippen molar-refractivity contribution < 1.29 is 0 Å². The Balaban J connectivity index is 2.20. The van der Waals surface area contributed by atoms with Crippen molar-refractivity contribution in [1.82, 2.24) is 0 Å². The van der Waals surface area contributed by atoms with Gasteiger partial charge in [0.25, 0.3) is 0 Å². The molecule has 0 aromatic heterocycles. The van der Waals surface area contributed by atoms with Crippen LogP contribution in [0, 0.1) is 11.3 Å². The fourth-order valence-electron chi connectivity index (χ4n) is 2.21. The molecule has 1 saturated carbocycles. The van der Waals surface area contributed by atoms with Gasteiger partial charge in [-0.25, -0.2) is 0 Å². The fourth-order valence-corrected chi connectivity index (χ4v) is 2.39. The van der Waals surface area contributed by atoms with Crippen LogP contribution in [0.15, 0.2) is 0 Å². The van der Waals surface area contributed by atoms with Crippen molar-refractivity contribution in [3.63, 3.8) is 0 Å². The SMILES string of the molecule is CC1(C)CCC(CCCS)C1. The highest BCUT2D eigenvalue weighted by molar-refractivity contribution is 7.80. The van der Waals surface area contributed by atoms with Crippen LogP contribution in [0.5, 0.6) is 0 Å². The highest BCUT2D eigenvalue weighted by Gasteiger charge is 2.29. The lowest BCUT2D eigenvalue weighted by molar-refractivity contribution is 0.353. The Kier molecular flexibility index (Phi) is 3.29. The first-order valence-electron chi connectivity index (χ1n) is 4.75. The van der Waals surface area contributed by atoms with E-state index in [2.05, 4.69) is 26.5 Å². The molecule has 0 amide bonds. The van der Waals surface area contributed by atoms with Crippen LogP contribution in [-0.2, 0) is 0 Å². The monoisotopic (exact) mass is 172 g/mol. The third-order valence-corrected chi connectivity index (χ3v) is 3.16. The molecule has 0 heterocycles. The predicted molar refractivity (Wildman–Crippen MR) is 54.2 cm³/mol. The van der Waals surface area contributed by atoms with Crippen LogP contribution in [-0.4, -0.2) is 5.75 Å². The lowest BCUT2D eigenvalue weighted by Gasteiger charge is -2.16. The second-order valence-corrected chi connectivity index (χ2v) is 5.09. The van der Waals surface area contributed by atoms with E-state index in [0.29, 0.717) is 5.41 Å². The van der Waals surface area contributed by atoms with Crippen LogP contribution >= 0.6 is 12.6 Å². The summed E-state index contributed by atoms with van der Waals surface area (Å²) in [7, 11) is 0. The average molecular weight is 172 g/mol. The van der Waals surface area contributed by atoms with Gasteiger partial charge in [0.15, 0.2) is 0 Å². The molecule has 1 heteroatoms. The van der Waals surface area contributed by atoms with E-state index < -0.39 is 0 Å². The Morgan fingerprint density at radius 2 is 2.18 bits per heavy atom. The van der Waals surface area contributed by atoms with Gasteiger partial charge < -0.3 is 0 Å². The first kappa shape index (κ1) is 9.44. The molecule has 66 valence electrons. The van der Waals surface area contributed by atoms with Gasteiger partial charge in [0.2, 0.25) is 0 Å². The lowest BCUT2D eigenvalue weighted by atomic mass is 9.90. The minimum absolute atomic E-state index is 0.640. The van der Waals surface area contributed by atoms with Gasteiger partial charge in [-0.05, 0) is 49.2 Å². The van der Waals surface area contributed by atoms with E-state index in [1.54, 1.807) is 0 Å². The van der Waals surface area contributed by atoms with Crippen LogP contribution in [0.1, 0.15) is 46.0 Å². The zero-order valence-electron chi connectivity index (χ0n) is 7.77. The van der Waals surface area contributed by atoms with Crippen LogP contribution in [0.2, 0.25) is 0 Å². The first-order valence-corrected chi connectivity index (χ1v) is 5.38. The second-order valence-electron chi connectivity index (χ2n) is 4.64.